The third-order valence-electron chi connectivity index (χ3n) is 5.01. The number of rotatable bonds is 7. The third-order valence-corrected chi connectivity index (χ3v) is 5.01. The molecule has 1 N–H and O–H groups in total. The lowest BCUT2D eigenvalue weighted by atomic mass is 10.1. The molecule has 5 heteroatoms. The fourth-order valence-corrected chi connectivity index (χ4v) is 3.58. The quantitative estimate of drug-likeness (QED) is 0.514. The van der Waals surface area contributed by atoms with Crippen molar-refractivity contribution >= 4 is 11.7 Å². The van der Waals surface area contributed by atoms with Gasteiger partial charge in [-0.15, -0.1) is 0 Å². The van der Waals surface area contributed by atoms with Crippen LogP contribution in [0.25, 0.3) is 0 Å². The smallest absolute Gasteiger partial charge is 0.322 e. The normalized spacial score (nSPS) is 11.0. The molecule has 2 aromatic carbocycles. The largest absolute Gasteiger partial charge is 0.345 e. The number of carbonyl (C=O) groups is 1. The molecule has 0 bridgehead atoms. The van der Waals surface area contributed by atoms with Crippen molar-refractivity contribution in [1.29, 1.82) is 0 Å². The Morgan fingerprint density at radius 2 is 1.90 bits per heavy atom. The van der Waals surface area contributed by atoms with Crippen LogP contribution in [0.3, 0.4) is 0 Å². The zero-order chi connectivity index (χ0) is 21.7. The minimum atomic E-state index is -0.240. The van der Waals surface area contributed by atoms with Crippen LogP contribution in [0.1, 0.15) is 36.2 Å². The molecular weight excluding hydrogens is 377 g/mol. The summed E-state index contributed by atoms with van der Waals surface area (Å²) >= 11 is 0. The topological polar surface area (TPSA) is 37.3 Å². The van der Waals surface area contributed by atoms with Crippen LogP contribution in [0.15, 0.2) is 60.8 Å². The SMILES string of the molecule is Cc1ccc(NC(=O)N(Cc2cccn2Cc2cccc(F)c2)CC(C)C)c(C)c1. The lowest BCUT2D eigenvalue weighted by Gasteiger charge is -2.26. The molecule has 158 valence electrons. The Balaban J connectivity index is 1.76. The van der Waals surface area contributed by atoms with Crippen molar-refractivity contribution in [2.75, 3.05) is 11.9 Å². The fourth-order valence-electron chi connectivity index (χ4n) is 3.58. The number of aryl methyl sites for hydroxylation is 2. The highest BCUT2D eigenvalue weighted by molar-refractivity contribution is 5.90. The molecule has 0 aliphatic carbocycles. The van der Waals surface area contributed by atoms with Gasteiger partial charge < -0.3 is 14.8 Å². The number of carbonyl (C=O) groups excluding carboxylic acids is 1. The van der Waals surface area contributed by atoms with Gasteiger partial charge in [0.2, 0.25) is 0 Å². The molecule has 0 fully saturated rings. The van der Waals surface area contributed by atoms with Crippen LogP contribution in [0.5, 0.6) is 0 Å². The third kappa shape index (κ3) is 5.72. The van der Waals surface area contributed by atoms with Gasteiger partial charge >= 0.3 is 6.03 Å². The number of benzene rings is 2. The number of anilines is 1. The summed E-state index contributed by atoms with van der Waals surface area (Å²) in [4.78, 5) is 14.9. The summed E-state index contributed by atoms with van der Waals surface area (Å²) in [5.41, 5.74) is 4.94. The van der Waals surface area contributed by atoms with Gasteiger partial charge in [0.15, 0.2) is 0 Å². The van der Waals surface area contributed by atoms with Crippen molar-refractivity contribution in [1.82, 2.24) is 9.47 Å². The summed E-state index contributed by atoms with van der Waals surface area (Å²) in [5, 5.41) is 3.06. The van der Waals surface area contributed by atoms with Crippen LogP contribution in [-0.4, -0.2) is 22.0 Å². The van der Waals surface area contributed by atoms with E-state index in [2.05, 4.69) is 29.8 Å². The second-order valence-corrected chi connectivity index (χ2v) is 8.28. The van der Waals surface area contributed by atoms with Gasteiger partial charge in [-0.3, -0.25) is 0 Å². The second-order valence-electron chi connectivity index (χ2n) is 8.28. The van der Waals surface area contributed by atoms with E-state index in [1.165, 1.54) is 11.6 Å². The highest BCUT2D eigenvalue weighted by Gasteiger charge is 2.18. The summed E-state index contributed by atoms with van der Waals surface area (Å²) in [7, 11) is 0. The van der Waals surface area contributed by atoms with Gasteiger partial charge in [-0.05, 0) is 61.2 Å². The highest BCUT2D eigenvalue weighted by Crippen LogP contribution is 2.18. The molecule has 2 amide bonds. The minimum absolute atomic E-state index is 0.117. The molecule has 4 nitrogen and oxygen atoms in total. The number of halogens is 1. The number of aromatic nitrogens is 1. The first-order valence-electron chi connectivity index (χ1n) is 10.3. The van der Waals surface area contributed by atoms with E-state index < -0.39 is 0 Å². The van der Waals surface area contributed by atoms with E-state index in [4.69, 9.17) is 0 Å². The molecule has 1 heterocycles. The number of urea groups is 1. The molecule has 0 aliphatic rings. The number of nitrogens with one attached hydrogen (secondary N) is 1. The van der Waals surface area contributed by atoms with Crippen LogP contribution in [0.2, 0.25) is 0 Å². The highest BCUT2D eigenvalue weighted by atomic mass is 19.1. The molecule has 0 atom stereocenters. The first-order valence-corrected chi connectivity index (χ1v) is 10.3. The Bertz CT molecular complexity index is 1010. The van der Waals surface area contributed by atoms with E-state index in [0.717, 1.165) is 22.5 Å². The maximum Gasteiger partial charge on any atom is 0.322 e. The van der Waals surface area contributed by atoms with Gasteiger partial charge in [-0.25, -0.2) is 9.18 Å². The van der Waals surface area contributed by atoms with E-state index in [0.29, 0.717) is 25.6 Å². The average Bonchev–Trinajstić information content (AvgIpc) is 3.09. The summed E-state index contributed by atoms with van der Waals surface area (Å²) in [6.07, 6.45) is 1.97. The number of amides is 2. The Kier molecular flexibility index (Phi) is 6.93. The van der Waals surface area contributed by atoms with Gasteiger partial charge in [0.05, 0.1) is 6.54 Å². The molecule has 0 spiro atoms. The molecule has 0 saturated carbocycles. The van der Waals surface area contributed by atoms with Gasteiger partial charge in [0.25, 0.3) is 0 Å². The molecule has 3 aromatic rings. The average molecular weight is 408 g/mol. The van der Waals surface area contributed by atoms with Crippen molar-refractivity contribution in [3.05, 3.63) is 89.0 Å². The van der Waals surface area contributed by atoms with E-state index in [1.54, 1.807) is 12.1 Å². The summed E-state index contributed by atoms with van der Waals surface area (Å²) in [6, 6.07) is 16.5. The number of hydrogen-bond donors (Lipinski definition) is 1. The predicted molar refractivity (Wildman–Crippen MR) is 120 cm³/mol. The monoisotopic (exact) mass is 407 g/mol. The van der Waals surface area contributed by atoms with Crippen molar-refractivity contribution in [3.8, 4) is 0 Å². The van der Waals surface area contributed by atoms with E-state index in [1.807, 2.05) is 55.3 Å². The van der Waals surface area contributed by atoms with Crippen molar-refractivity contribution < 1.29 is 9.18 Å². The maximum absolute atomic E-state index is 13.5. The number of nitrogens with zero attached hydrogens (tertiary/aromatic N) is 2. The molecule has 30 heavy (non-hydrogen) atoms. The molecular formula is C25H30FN3O. The summed E-state index contributed by atoms with van der Waals surface area (Å²) < 4.78 is 15.6. The van der Waals surface area contributed by atoms with Crippen molar-refractivity contribution in [2.45, 2.75) is 40.8 Å². The first-order chi connectivity index (χ1) is 14.3. The lowest BCUT2D eigenvalue weighted by molar-refractivity contribution is 0.200. The molecule has 3 rings (SSSR count). The molecule has 0 saturated heterocycles. The van der Waals surface area contributed by atoms with Gasteiger partial charge in [0, 0.05) is 30.7 Å². The standard InChI is InChI=1S/C25H30FN3O/c1-18(2)15-29(25(30)27-24-11-10-19(3)13-20(24)4)17-23-9-6-12-28(23)16-21-7-5-8-22(26)14-21/h5-14,18H,15-17H2,1-4H3,(H,27,30). The van der Waals surface area contributed by atoms with E-state index in [9.17, 15) is 9.18 Å². The molecule has 0 radical (unpaired) electrons. The summed E-state index contributed by atoms with van der Waals surface area (Å²) in [6.45, 7) is 9.93. The van der Waals surface area contributed by atoms with Crippen LogP contribution >= 0.6 is 0 Å². The lowest BCUT2D eigenvalue weighted by Crippen LogP contribution is -2.37. The minimum Gasteiger partial charge on any atom is -0.345 e. The fraction of sp³-hybridized carbons (Fsp3) is 0.320. The van der Waals surface area contributed by atoms with Crippen LogP contribution < -0.4 is 5.32 Å². The van der Waals surface area contributed by atoms with Crippen molar-refractivity contribution in [3.63, 3.8) is 0 Å². The Morgan fingerprint density at radius 3 is 2.60 bits per heavy atom. The molecule has 0 unspecified atom stereocenters. The van der Waals surface area contributed by atoms with E-state index in [-0.39, 0.29) is 11.8 Å². The van der Waals surface area contributed by atoms with Gasteiger partial charge in [0.1, 0.15) is 5.82 Å². The van der Waals surface area contributed by atoms with Crippen LogP contribution in [0, 0.1) is 25.6 Å². The first kappa shape index (κ1) is 21.6. The number of hydrogen-bond acceptors (Lipinski definition) is 1. The molecule has 1 aromatic heterocycles. The zero-order valence-electron chi connectivity index (χ0n) is 18.2. The van der Waals surface area contributed by atoms with Gasteiger partial charge in [-0.2, -0.15) is 0 Å². The maximum atomic E-state index is 13.5. The Hall–Kier alpha value is -3.08. The Morgan fingerprint density at radius 1 is 1.10 bits per heavy atom. The zero-order valence-corrected chi connectivity index (χ0v) is 18.2. The van der Waals surface area contributed by atoms with E-state index >= 15 is 0 Å². The summed E-state index contributed by atoms with van der Waals surface area (Å²) in [5.74, 6) is 0.0944. The second kappa shape index (κ2) is 9.61. The van der Waals surface area contributed by atoms with Crippen LogP contribution in [-0.2, 0) is 13.1 Å². The van der Waals surface area contributed by atoms with Crippen molar-refractivity contribution in [2.24, 2.45) is 5.92 Å². The van der Waals surface area contributed by atoms with Crippen LogP contribution in [0.4, 0.5) is 14.9 Å². The van der Waals surface area contributed by atoms with Gasteiger partial charge in [-0.1, -0.05) is 43.7 Å². The predicted octanol–water partition coefficient (Wildman–Crippen LogP) is 5.98. The molecule has 0 aliphatic heterocycles. The Labute approximate surface area is 178 Å².